The molecular weight excluding hydrogens is 309 g/mol. The Labute approximate surface area is 136 Å². The molecule has 0 saturated carbocycles. The molecular formula is C17H14FN5O. The van der Waals surface area contributed by atoms with Crippen LogP contribution < -0.4 is 0 Å². The first-order valence-corrected chi connectivity index (χ1v) is 7.38. The molecule has 7 heteroatoms. The first-order chi connectivity index (χ1) is 11.6. The van der Waals surface area contributed by atoms with E-state index in [1.165, 1.54) is 10.9 Å². The molecule has 0 fully saturated rings. The Kier molecular flexibility index (Phi) is 3.09. The molecule has 0 aliphatic rings. The number of aromatic hydroxyl groups is 1. The van der Waals surface area contributed by atoms with Gasteiger partial charge in [-0.1, -0.05) is 11.3 Å². The standard InChI is InChI=1S/C17H14FN5O/c1-10-15(20-21-23(10)14-4-3-7-19-16(14)18)11-5-6-13-12(8-11)9-22(2)17(13)24/h3-9,24H,1-2H3. The first-order valence-electron chi connectivity index (χ1n) is 7.38. The quantitative estimate of drug-likeness (QED) is 0.576. The fourth-order valence-corrected chi connectivity index (χ4v) is 2.84. The summed E-state index contributed by atoms with van der Waals surface area (Å²) in [6.07, 6.45) is 3.23. The molecule has 0 unspecified atom stereocenters. The van der Waals surface area contributed by atoms with Gasteiger partial charge >= 0.3 is 0 Å². The normalized spacial score (nSPS) is 11.3. The monoisotopic (exact) mass is 323 g/mol. The zero-order valence-corrected chi connectivity index (χ0v) is 13.1. The summed E-state index contributed by atoms with van der Waals surface area (Å²) in [6.45, 7) is 1.83. The van der Waals surface area contributed by atoms with Gasteiger partial charge in [0.15, 0.2) is 5.88 Å². The smallest absolute Gasteiger partial charge is 0.238 e. The number of nitrogens with zero attached hydrogens (tertiary/aromatic N) is 5. The van der Waals surface area contributed by atoms with Crippen molar-refractivity contribution in [2.24, 2.45) is 7.05 Å². The summed E-state index contributed by atoms with van der Waals surface area (Å²) < 4.78 is 17.0. The number of rotatable bonds is 2. The molecule has 0 spiro atoms. The Morgan fingerprint density at radius 1 is 1.21 bits per heavy atom. The number of pyridine rings is 1. The highest BCUT2D eigenvalue weighted by Crippen LogP contribution is 2.31. The summed E-state index contributed by atoms with van der Waals surface area (Å²) in [5.41, 5.74) is 2.47. The molecule has 4 rings (SSSR count). The van der Waals surface area contributed by atoms with Gasteiger partial charge in [0.05, 0.1) is 5.69 Å². The number of hydrogen-bond acceptors (Lipinski definition) is 4. The fourth-order valence-electron chi connectivity index (χ4n) is 2.84. The molecule has 1 N–H and O–H groups in total. The largest absolute Gasteiger partial charge is 0.494 e. The van der Waals surface area contributed by atoms with Gasteiger partial charge in [0.25, 0.3) is 0 Å². The van der Waals surface area contributed by atoms with Crippen LogP contribution in [0, 0.1) is 12.9 Å². The molecule has 4 aromatic rings. The second-order valence-corrected chi connectivity index (χ2v) is 5.61. The Bertz CT molecular complexity index is 1070. The number of aryl methyl sites for hydroxylation is 1. The average Bonchev–Trinajstić information content (AvgIpc) is 3.08. The summed E-state index contributed by atoms with van der Waals surface area (Å²) >= 11 is 0. The lowest BCUT2D eigenvalue weighted by molar-refractivity contribution is 0.438. The first kappa shape index (κ1) is 14.4. The molecule has 3 heterocycles. The molecule has 1 aromatic carbocycles. The van der Waals surface area contributed by atoms with Crippen molar-refractivity contribution in [2.45, 2.75) is 6.92 Å². The van der Waals surface area contributed by atoms with Crippen molar-refractivity contribution in [2.75, 3.05) is 0 Å². The van der Waals surface area contributed by atoms with E-state index < -0.39 is 5.95 Å². The predicted octanol–water partition coefficient (Wildman–Crippen LogP) is 2.97. The van der Waals surface area contributed by atoms with E-state index in [0.29, 0.717) is 11.4 Å². The maximum absolute atomic E-state index is 13.9. The summed E-state index contributed by atoms with van der Waals surface area (Å²) in [6, 6.07) is 8.88. The van der Waals surface area contributed by atoms with E-state index >= 15 is 0 Å². The average molecular weight is 323 g/mol. The SMILES string of the molecule is Cc1c(-c2ccc3c(O)n(C)cc3c2)nnn1-c1cccnc1F. The summed E-state index contributed by atoms with van der Waals surface area (Å²) in [7, 11) is 1.78. The predicted molar refractivity (Wildman–Crippen MR) is 87.4 cm³/mol. The van der Waals surface area contributed by atoms with E-state index in [4.69, 9.17) is 0 Å². The van der Waals surface area contributed by atoms with E-state index in [9.17, 15) is 9.50 Å². The molecule has 6 nitrogen and oxygen atoms in total. The Morgan fingerprint density at radius 2 is 2.04 bits per heavy atom. The number of benzene rings is 1. The van der Waals surface area contributed by atoms with Gasteiger partial charge < -0.3 is 9.67 Å². The molecule has 0 atom stereocenters. The summed E-state index contributed by atoms with van der Waals surface area (Å²) in [4.78, 5) is 3.65. The summed E-state index contributed by atoms with van der Waals surface area (Å²) in [5.74, 6) is -0.380. The fraction of sp³-hybridized carbons (Fsp3) is 0.118. The van der Waals surface area contributed by atoms with Crippen LogP contribution in [0.25, 0.3) is 27.7 Å². The molecule has 0 amide bonds. The van der Waals surface area contributed by atoms with Crippen molar-refractivity contribution in [3.05, 3.63) is 54.4 Å². The van der Waals surface area contributed by atoms with Crippen LogP contribution in [0.2, 0.25) is 0 Å². The van der Waals surface area contributed by atoms with Crippen molar-refractivity contribution in [1.82, 2.24) is 24.5 Å². The zero-order valence-electron chi connectivity index (χ0n) is 13.1. The van der Waals surface area contributed by atoms with E-state index in [0.717, 1.165) is 16.3 Å². The second-order valence-electron chi connectivity index (χ2n) is 5.61. The maximum Gasteiger partial charge on any atom is 0.238 e. The molecule has 0 saturated heterocycles. The van der Waals surface area contributed by atoms with Crippen LogP contribution in [0.5, 0.6) is 5.88 Å². The molecule has 3 aromatic heterocycles. The van der Waals surface area contributed by atoms with Crippen LogP contribution >= 0.6 is 0 Å². The van der Waals surface area contributed by atoms with Gasteiger partial charge in [-0.05, 0) is 31.2 Å². The van der Waals surface area contributed by atoms with E-state index in [1.807, 2.05) is 31.3 Å². The third kappa shape index (κ3) is 2.05. The highest BCUT2D eigenvalue weighted by Gasteiger charge is 2.16. The van der Waals surface area contributed by atoms with Crippen molar-refractivity contribution in [3.63, 3.8) is 0 Å². The third-order valence-corrected chi connectivity index (χ3v) is 4.09. The van der Waals surface area contributed by atoms with Gasteiger partial charge in [0.2, 0.25) is 5.95 Å². The molecule has 0 aliphatic carbocycles. The minimum atomic E-state index is -0.597. The highest BCUT2D eigenvalue weighted by molar-refractivity contribution is 5.91. The lowest BCUT2D eigenvalue weighted by atomic mass is 10.1. The minimum absolute atomic E-state index is 0.217. The number of hydrogen-bond donors (Lipinski definition) is 1. The maximum atomic E-state index is 13.9. The van der Waals surface area contributed by atoms with Crippen LogP contribution in [0.4, 0.5) is 4.39 Å². The van der Waals surface area contributed by atoms with E-state index in [-0.39, 0.29) is 11.6 Å². The van der Waals surface area contributed by atoms with Crippen LogP contribution in [-0.4, -0.2) is 29.7 Å². The number of aromatic nitrogens is 5. The molecule has 120 valence electrons. The van der Waals surface area contributed by atoms with Gasteiger partial charge in [-0.15, -0.1) is 5.10 Å². The van der Waals surface area contributed by atoms with Gasteiger partial charge in [-0.2, -0.15) is 4.39 Å². The van der Waals surface area contributed by atoms with Crippen molar-refractivity contribution < 1.29 is 9.50 Å². The van der Waals surface area contributed by atoms with E-state index in [2.05, 4.69) is 15.3 Å². The van der Waals surface area contributed by atoms with Crippen molar-refractivity contribution >= 4 is 10.8 Å². The van der Waals surface area contributed by atoms with Crippen LogP contribution in [0.15, 0.2) is 42.7 Å². The van der Waals surface area contributed by atoms with Gasteiger partial charge in [0, 0.05) is 35.8 Å². The molecule has 0 bridgehead atoms. The van der Waals surface area contributed by atoms with Crippen LogP contribution in [-0.2, 0) is 7.05 Å². The topological polar surface area (TPSA) is 68.8 Å². The lowest BCUT2D eigenvalue weighted by Gasteiger charge is -2.04. The summed E-state index contributed by atoms with van der Waals surface area (Å²) in [5, 5.41) is 19.9. The number of halogens is 1. The van der Waals surface area contributed by atoms with Crippen LogP contribution in [0.1, 0.15) is 5.69 Å². The van der Waals surface area contributed by atoms with Gasteiger partial charge in [-0.3, -0.25) is 0 Å². The highest BCUT2D eigenvalue weighted by atomic mass is 19.1. The lowest BCUT2D eigenvalue weighted by Crippen LogP contribution is -2.03. The Balaban J connectivity index is 1.85. The van der Waals surface area contributed by atoms with Crippen molar-refractivity contribution in [3.8, 4) is 22.8 Å². The molecule has 0 radical (unpaired) electrons. The van der Waals surface area contributed by atoms with Gasteiger partial charge in [0.1, 0.15) is 11.4 Å². The molecule has 24 heavy (non-hydrogen) atoms. The third-order valence-electron chi connectivity index (χ3n) is 4.09. The second kappa shape index (κ2) is 5.16. The van der Waals surface area contributed by atoms with Gasteiger partial charge in [-0.25, -0.2) is 9.67 Å². The minimum Gasteiger partial charge on any atom is -0.494 e. The zero-order chi connectivity index (χ0) is 16.8. The van der Waals surface area contributed by atoms with Crippen molar-refractivity contribution in [1.29, 1.82) is 0 Å². The Morgan fingerprint density at radius 3 is 2.83 bits per heavy atom. The van der Waals surface area contributed by atoms with Crippen LogP contribution in [0.3, 0.4) is 0 Å². The number of fused-ring (bicyclic) bond motifs is 1. The Hall–Kier alpha value is -3.22. The van der Waals surface area contributed by atoms with E-state index in [1.54, 1.807) is 23.7 Å². The molecule has 0 aliphatic heterocycles.